The Morgan fingerprint density at radius 3 is 3.07 bits per heavy atom. The van der Waals surface area contributed by atoms with Crippen molar-refractivity contribution < 1.29 is 9.53 Å². The molecule has 1 aliphatic rings. The Morgan fingerprint density at radius 1 is 1.71 bits per heavy atom. The van der Waals surface area contributed by atoms with Crippen LogP contribution in [0.3, 0.4) is 0 Å². The summed E-state index contributed by atoms with van der Waals surface area (Å²) in [4.78, 5) is 11.5. The van der Waals surface area contributed by atoms with Crippen molar-refractivity contribution in [2.24, 2.45) is 0 Å². The average molecular weight is 200 g/mol. The number of ether oxygens (including phenoxy) is 1. The first-order chi connectivity index (χ1) is 6.74. The minimum absolute atomic E-state index is 0.000509. The molecule has 1 saturated heterocycles. The number of nitrogens with one attached hydrogen (secondary N) is 2. The van der Waals surface area contributed by atoms with E-state index in [0.717, 1.165) is 25.9 Å². The highest BCUT2D eigenvalue weighted by Crippen LogP contribution is 2.02. The number of carbonyl (C=O) groups is 1. The molecule has 1 amide bonds. The minimum atomic E-state index is -0.332. The Hall–Kier alpha value is -0.610. The predicted octanol–water partition coefficient (Wildman–Crippen LogP) is 0.280. The van der Waals surface area contributed by atoms with Crippen molar-refractivity contribution in [3.63, 3.8) is 0 Å². The minimum Gasteiger partial charge on any atom is -0.369 e. The highest BCUT2D eigenvalue weighted by Gasteiger charge is 2.18. The normalized spacial score (nSPS) is 24.3. The van der Waals surface area contributed by atoms with Gasteiger partial charge in [0.2, 0.25) is 5.91 Å². The second-order valence-corrected chi connectivity index (χ2v) is 3.65. The van der Waals surface area contributed by atoms with Crippen LogP contribution in [0, 0.1) is 0 Å². The van der Waals surface area contributed by atoms with Gasteiger partial charge in [-0.05, 0) is 33.2 Å². The van der Waals surface area contributed by atoms with E-state index in [1.165, 1.54) is 0 Å². The maximum atomic E-state index is 11.5. The fourth-order valence-corrected chi connectivity index (χ4v) is 1.62. The lowest BCUT2D eigenvalue weighted by Gasteiger charge is -2.25. The van der Waals surface area contributed by atoms with Crippen LogP contribution in [-0.4, -0.2) is 37.7 Å². The number of amides is 1. The van der Waals surface area contributed by atoms with Crippen LogP contribution in [0.15, 0.2) is 0 Å². The van der Waals surface area contributed by atoms with Crippen LogP contribution in [-0.2, 0) is 9.53 Å². The van der Waals surface area contributed by atoms with Crippen molar-refractivity contribution in [2.45, 2.75) is 38.8 Å². The predicted molar refractivity (Wildman–Crippen MR) is 55.1 cm³/mol. The molecule has 4 heteroatoms. The molecular weight excluding hydrogens is 180 g/mol. The van der Waals surface area contributed by atoms with Gasteiger partial charge in [-0.15, -0.1) is 0 Å². The summed E-state index contributed by atoms with van der Waals surface area (Å²) in [6, 6.07) is 0.277. The summed E-state index contributed by atoms with van der Waals surface area (Å²) in [5, 5.41) is 6.23. The molecule has 1 heterocycles. The Balaban J connectivity index is 2.24. The van der Waals surface area contributed by atoms with E-state index in [0.29, 0.717) is 6.61 Å². The number of hydrogen-bond acceptors (Lipinski definition) is 3. The van der Waals surface area contributed by atoms with E-state index in [2.05, 4.69) is 10.6 Å². The van der Waals surface area contributed by atoms with Crippen molar-refractivity contribution in [1.82, 2.24) is 10.6 Å². The molecule has 1 aliphatic heterocycles. The lowest BCUT2D eigenvalue weighted by Crippen LogP contribution is -2.48. The zero-order valence-electron chi connectivity index (χ0n) is 9.01. The van der Waals surface area contributed by atoms with Gasteiger partial charge in [-0.2, -0.15) is 0 Å². The first kappa shape index (κ1) is 11.5. The van der Waals surface area contributed by atoms with Gasteiger partial charge in [-0.25, -0.2) is 0 Å². The van der Waals surface area contributed by atoms with Crippen LogP contribution in [0.5, 0.6) is 0 Å². The van der Waals surface area contributed by atoms with Crippen molar-refractivity contribution in [2.75, 3.05) is 19.7 Å². The molecule has 0 aromatic heterocycles. The fraction of sp³-hybridized carbons (Fsp3) is 0.900. The van der Waals surface area contributed by atoms with E-state index in [1.807, 2.05) is 6.92 Å². The molecule has 0 aliphatic carbocycles. The van der Waals surface area contributed by atoms with Gasteiger partial charge in [0, 0.05) is 19.2 Å². The molecule has 4 nitrogen and oxygen atoms in total. The highest BCUT2D eigenvalue weighted by molar-refractivity contribution is 5.80. The quantitative estimate of drug-likeness (QED) is 0.685. The molecule has 82 valence electrons. The molecule has 1 unspecified atom stereocenters. The van der Waals surface area contributed by atoms with Crippen molar-refractivity contribution in [3.05, 3.63) is 0 Å². The lowest BCUT2D eigenvalue weighted by atomic mass is 10.1. The van der Waals surface area contributed by atoms with Gasteiger partial charge in [-0.3, -0.25) is 4.79 Å². The summed E-state index contributed by atoms with van der Waals surface area (Å²) in [5.41, 5.74) is 0. The van der Waals surface area contributed by atoms with Crippen LogP contribution >= 0.6 is 0 Å². The smallest absolute Gasteiger partial charge is 0.249 e. The van der Waals surface area contributed by atoms with Gasteiger partial charge in [0.15, 0.2) is 0 Å². The summed E-state index contributed by atoms with van der Waals surface area (Å²) < 4.78 is 5.21. The Bertz CT molecular complexity index is 179. The third kappa shape index (κ3) is 3.64. The zero-order valence-corrected chi connectivity index (χ0v) is 9.01. The number of hydrogen-bond donors (Lipinski definition) is 2. The molecule has 1 fully saturated rings. The fourth-order valence-electron chi connectivity index (χ4n) is 1.62. The average Bonchev–Trinajstić information content (AvgIpc) is 2.19. The first-order valence-electron chi connectivity index (χ1n) is 5.36. The standard InChI is InChI=1S/C10H20N2O2/c1-3-14-8(2)10(13)12-9-5-4-6-11-7-9/h8-9,11H,3-7H2,1-2H3,(H,12,13)/t8?,9-/m1/s1. The number of rotatable bonds is 4. The summed E-state index contributed by atoms with van der Waals surface area (Å²) in [5.74, 6) is 0.000509. The SMILES string of the molecule is CCOC(C)C(=O)N[C@@H]1CCCNC1. The summed E-state index contributed by atoms with van der Waals surface area (Å²) in [6.07, 6.45) is 1.87. The first-order valence-corrected chi connectivity index (χ1v) is 5.36. The van der Waals surface area contributed by atoms with E-state index in [4.69, 9.17) is 4.74 Å². The Labute approximate surface area is 85.4 Å². The monoisotopic (exact) mass is 200 g/mol. The third-order valence-corrected chi connectivity index (χ3v) is 2.43. The van der Waals surface area contributed by atoms with Gasteiger partial charge in [0.25, 0.3) is 0 Å². The van der Waals surface area contributed by atoms with Gasteiger partial charge in [0.05, 0.1) is 0 Å². The molecule has 14 heavy (non-hydrogen) atoms. The third-order valence-electron chi connectivity index (χ3n) is 2.43. The van der Waals surface area contributed by atoms with Crippen LogP contribution in [0.4, 0.5) is 0 Å². The molecule has 0 spiro atoms. The Morgan fingerprint density at radius 2 is 2.50 bits per heavy atom. The summed E-state index contributed by atoms with van der Waals surface area (Å²) in [6.45, 7) is 6.20. The molecule has 0 aromatic rings. The molecule has 2 atom stereocenters. The van der Waals surface area contributed by atoms with E-state index < -0.39 is 0 Å². The van der Waals surface area contributed by atoms with E-state index >= 15 is 0 Å². The molecule has 1 rings (SSSR count). The van der Waals surface area contributed by atoms with Crippen LogP contribution in [0.25, 0.3) is 0 Å². The second kappa shape index (κ2) is 5.98. The van der Waals surface area contributed by atoms with Gasteiger partial charge >= 0.3 is 0 Å². The maximum Gasteiger partial charge on any atom is 0.249 e. The van der Waals surface area contributed by atoms with E-state index in [9.17, 15) is 4.79 Å². The lowest BCUT2D eigenvalue weighted by molar-refractivity contribution is -0.132. The van der Waals surface area contributed by atoms with Crippen molar-refractivity contribution in [3.8, 4) is 0 Å². The largest absolute Gasteiger partial charge is 0.369 e. The van der Waals surface area contributed by atoms with E-state index in [1.54, 1.807) is 6.92 Å². The number of piperidine rings is 1. The number of carbonyl (C=O) groups excluding carboxylic acids is 1. The summed E-state index contributed by atoms with van der Waals surface area (Å²) >= 11 is 0. The van der Waals surface area contributed by atoms with Crippen LogP contribution in [0.1, 0.15) is 26.7 Å². The molecule has 2 N–H and O–H groups in total. The van der Waals surface area contributed by atoms with Gasteiger partial charge < -0.3 is 15.4 Å². The topological polar surface area (TPSA) is 50.4 Å². The molecule has 0 bridgehead atoms. The van der Waals surface area contributed by atoms with Gasteiger partial charge in [0.1, 0.15) is 6.10 Å². The van der Waals surface area contributed by atoms with E-state index in [-0.39, 0.29) is 18.1 Å². The van der Waals surface area contributed by atoms with Crippen LogP contribution in [0.2, 0.25) is 0 Å². The Kier molecular flexibility index (Phi) is 4.90. The van der Waals surface area contributed by atoms with Crippen molar-refractivity contribution >= 4 is 5.91 Å². The maximum absolute atomic E-state index is 11.5. The highest BCUT2D eigenvalue weighted by atomic mass is 16.5. The molecule has 0 saturated carbocycles. The van der Waals surface area contributed by atoms with Crippen molar-refractivity contribution in [1.29, 1.82) is 0 Å². The molecular formula is C10H20N2O2. The second-order valence-electron chi connectivity index (χ2n) is 3.65. The zero-order chi connectivity index (χ0) is 10.4. The van der Waals surface area contributed by atoms with Crippen LogP contribution < -0.4 is 10.6 Å². The van der Waals surface area contributed by atoms with Gasteiger partial charge in [-0.1, -0.05) is 0 Å². The summed E-state index contributed by atoms with van der Waals surface area (Å²) in [7, 11) is 0. The molecule has 0 aromatic carbocycles. The molecule has 0 radical (unpaired) electrons.